The van der Waals surface area contributed by atoms with Gasteiger partial charge in [0, 0.05) is 19.0 Å². The molecule has 1 aromatic rings. The third-order valence-electron chi connectivity index (χ3n) is 4.23. The molecule has 0 aromatic heterocycles. The van der Waals surface area contributed by atoms with Crippen molar-refractivity contribution < 1.29 is 24.2 Å². The number of ether oxygens (including phenoxy) is 2. The van der Waals surface area contributed by atoms with E-state index in [1.54, 1.807) is 32.4 Å². The number of hydrogen-bond acceptors (Lipinski definition) is 4. The number of nitrogens with zero attached hydrogens (tertiary/aromatic N) is 1. The Morgan fingerprint density at radius 3 is 2.32 bits per heavy atom. The molecule has 0 radical (unpaired) electrons. The Bertz CT molecular complexity index is 631. The lowest BCUT2D eigenvalue weighted by Crippen LogP contribution is -2.35. The minimum Gasteiger partial charge on any atom is -0.497 e. The molecule has 1 amide bonds. The number of allylic oxidation sites excluding steroid dienone is 1. The van der Waals surface area contributed by atoms with Gasteiger partial charge in [0.1, 0.15) is 18.0 Å². The van der Waals surface area contributed by atoms with Crippen molar-refractivity contribution in [3.63, 3.8) is 0 Å². The SMILES string of the molecule is COc1cc(CN(CC(=O)O)C(=O)CC2=CCCCC2)cc(OC)c1. The average Bonchev–Trinajstić information content (AvgIpc) is 2.61. The molecule has 0 atom stereocenters. The Hall–Kier alpha value is -2.50. The topological polar surface area (TPSA) is 76.1 Å². The molecule has 1 N–H and O–H groups in total. The molecule has 1 aliphatic carbocycles. The zero-order valence-electron chi connectivity index (χ0n) is 14.8. The van der Waals surface area contributed by atoms with Gasteiger partial charge in [-0.05, 0) is 43.4 Å². The van der Waals surface area contributed by atoms with Gasteiger partial charge in [-0.2, -0.15) is 0 Å². The molecule has 0 unspecified atom stereocenters. The van der Waals surface area contributed by atoms with Crippen LogP contribution in [0.15, 0.2) is 29.8 Å². The molecule has 0 spiro atoms. The fourth-order valence-electron chi connectivity index (χ4n) is 2.94. The summed E-state index contributed by atoms with van der Waals surface area (Å²) in [7, 11) is 3.10. The molecule has 0 fully saturated rings. The highest BCUT2D eigenvalue weighted by Gasteiger charge is 2.20. The monoisotopic (exact) mass is 347 g/mol. The Kier molecular flexibility index (Phi) is 6.86. The first-order valence-electron chi connectivity index (χ1n) is 8.41. The minimum atomic E-state index is -1.03. The molecule has 25 heavy (non-hydrogen) atoms. The van der Waals surface area contributed by atoms with E-state index in [0.29, 0.717) is 11.5 Å². The molecule has 1 aliphatic rings. The van der Waals surface area contributed by atoms with E-state index in [9.17, 15) is 9.59 Å². The quantitative estimate of drug-likeness (QED) is 0.732. The average molecular weight is 347 g/mol. The van der Waals surface area contributed by atoms with E-state index in [2.05, 4.69) is 6.08 Å². The van der Waals surface area contributed by atoms with E-state index >= 15 is 0 Å². The summed E-state index contributed by atoms with van der Waals surface area (Å²) < 4.78 is 10.5. The lowest BCUT2D eigenvalue weighted by molar-refractivity contribution is -0.144. The Labute approximate surface area is 148 Å². The second-order valence-corrected chi connectivity index (χ2v) is 6.15. The number of amides is 1. The van der Waals surface area contributed by atoms with Crippen molar-refractivity contribution in [2.45, 2.75) is 38.6 Å². The van der Waals surface area contributed by atoms with Gasteiger partial charge in [-0.15, -0.1) is 0 Å². The van der Waals surface area contributed by atoms with Gasteiger partial charge in [0.25, 0.3) is 0 Å². The van der Waals surface area contributed by atoms with Crippen LogP contribution in [0.25, 0.3) is 0 Å². The van der Waals surface area contributed by atoms with Gasteiger partial charge in [-0.1, -0.05) is 11.6 Å². The van der Waals surface area contributed by atoms with Crippen molar-refractivity contribution in [1.82, 2.24) is 4.90 Å². The van der Waals surface area contributed by atoms with Crippen molar-refractivity contribution in [3.8, 4) is 11.5 Å². The predicted molar refractivity (Wildman–Crippen MR) is 93.8 cm³/mol. The van der Waals surface area contributed by atoms with Gasteiger partial charge >= 0.3 is 5.97 Å². The fraction of sp³-hybridized carbons (Fsp3) is 0.474. The van der Waals surface area contributed by atoms with Crippen molar-refractivity contribution in [3.05, 3.63) is 35.4 Å². The van der Waals surface area contributed by atoms with Crippen molar-refractivity contribution in [2.75, 3.05) is 20.8 Å². The Morgan fingerprint density at radius 2 is 1.80 bits per heavy atom. The molecule has 1 aromatic carbocycles. The molecule has 2 rings (SSSR count). The van der Waals surface area contributed by atoms with Crippen LogP contribution < -0.4 is 9.47 Å². The van der Waals surface area contributed by atoms with Gasteiger partial charge in [0.15, 0.2) is 0 Å². The highest BCUT2D eigenvalue weighted by atomic mass is 16.5. The minimum absolute atomic E-state index is 0.169. The zero-order valence-corrected chi connectivity index (χ0v) is 14.8. The summed E-state index contributed by atoms with van der Waals surface area (Å²) in [6.07, 6.45) is 6.54. The number of carboxylic acids is 1. The number of carbonyl (C=O) groups excluding carboxylic acids is 1. The maximum atomic E-state index is 12.6. The summed E-state index contributed by atoms with van der Waals surface area (Å²) in [6.45, 7) is -0.127. The number of benzene rings is 1. The first-order valence-corrected chi connectivity index (χ1v) is 8.41. The summed E-state index contributed by atoms with van der Waals surface area (Å²) in [4.78, 5) is 25.2. The van der Waals surface area contributed by atoms with Gasteiger partial charge in [0.2, 0.25) is 5.91 Å². The molecular weight excluding hydrogens is 322 g/mol. The standard InChI is InChI=1S/C19H25NO5/c1-24-16-8-15(9-17(11-16)25-2)12-20(13-19(22)23)18(21)10-14-6-4-3-5-7-14/h6,8-9,11H,3-5,7,10,12-13H2,1-2H3,(H,22,23). The Balaban J connectivity index is 2.15. The number of hydrogen-bond donors (Lipinski definition) is 1. The first kappa shape index (κ1) is 18.8. The molecule has 0 saturated heterocycles. The molecule has 6 nitrogen and oxygen atoms in total. The molecule has 0 saturated carbocycles. The summed E-state index contributed by atoms with van der Waals surface area (Å²) in [6, 6.07) is 5.30. The van der Waals surface area contributed by atoms with E-state index in [4.69, 9.17) is 14.6 Å². The maximum absolute atomic E-state index is 12.6. The number of carbonyl (C=O) groups is 2. The van der Waals surface area contributed by atoms with Crippen LogP contribution in [0.2, 0.25) is 0 Å². The number of methoxy groups -OCH3 is 2. The van der Waals surface area contributed by atoms with Crippen LogP contribution in [0, 0.1) is 0 Å². The third kappa shape index (κ3) is 5.81. The van der Waals surface area contributed by atoms with Crippen LogP contribution in [0.4, 0.5) is 0 Å². The molecule has 136 valence electrons. The second kappa shape index (κ2) is 9.11. The highest BCUT2D eigenvalue weighted by molar-refractivity contribution is 5.83. The van der Waals surface area contributed by atoms with Crippen molar-refractivity contribution in [2.24, 2.45) is 0 Å². The molecule has 0 heterocycles. The van der Waals surface area contributed by atoms with Crippen molar-refractivity contribution in [1.29, 1.82) is 0 Å². The molecule has 0 aliphatic heterocycles. The largest absolute Gasteiger partial charge is 0.497 e. The van der Waals surface area contributed by atoms with E-state index in [1.807, 2.05) is 0 Å². The molecular formula is C19H25NO5. The number of rotatable bonds is 8. The predicted octanol–water partition coefficient (Wildman–Crippen LogP) is 3.01. The Morgan fingerprint density at radius 1 is 1.12 bits per heavy atom. The molecule has 0 bridgehead atoms. The summed E-state index contributed by atoms with van der Waals surface area (Å²) in [5.41, 5.74) is 1.87. The van der Waals surface area contributed by atoms with Gasteiger partial charge in [-0.25, -0.2) is 0 Å². The number of aliphatic carboxylic acids is 1. The van der Waals surface area contributed by atoms with Gasteiger partial charge < -0.3 is 19.5 Å². The second-order valence-electron chi connectivity index (χ2n) is 6.15. The summed E-state index contributed by atoms with van der Waals surface area (Å²) >= 11 is 0. The smallest absolute Gasteiger partial charge is 0.323 e. The summed E-state index contributed by atoms with van der Waals surface area (Å²) in [5, 5.41) is 9.16. The van der Waals surface area contributed by atoms with E-state index < -0.39 is 5.97 Å². The van der Waals surface area contributed by atoms with Gasteiger partial charge in [0.05, 0.1) is 14.2 Å². The van der Waals surface area contributed by atoms with Crippen LogP contribution in [-0.4, -0.2) is 42.6 Å². The highest BCUT2D eigenvalue weighted by Crippen LogP contribution is 2.25. The van der Waals surface area contributed by atoms with Crippen LogP contribution in [0.5, 0.6) is 11.5 Å². The number of carboxylic acid groups (broad SMARTS) is 1. The van der Waals surface area contributed by atoms with Crippen LogP contribution in [0.3, 0.4) is 0 Å². The van der Waals surface area contributed by atoms with Crippen molar-refractivity contribution >= 4 is 11.9 Å². The first-order chi connectivity index (χ1) is 12.0. The molecule has 6 heteroatoms. The van der Waals surface area contributed by atoms with Crippen LogP contribution >= 0.6 is 0 Å². The normalized spacial score (nSPS) is 13.8. The maximum Gasteiger partial charge on any atom is 0.323 e. The van der Waals surface area contributed by atoms with Crippen LogP contribution in [-0.2, 0) is 16.1 Å². The zero-order chi connectivity index (χ0) is 18.2. The third-order valence-corrected chi connectivity index (χ3v) is 4.23. The van der Waals surface area contributed by atoms with Crippen LogP contribution in [0.1, 0.15) is 37.7 Å². The van der Waals surface area contributed by atoms with E-state index in [-0.39, 0.29) is 25.4 Å². The lowest BCUT2D eigenvalue weighted by Gasteiger charge is -2.23. The summed E-state index contributed by atoms with van der Waals surface area (Å²) in [5.74, 6) is 0.0114. The van der Waals surface area contributed by atoms with E-state index in [1.165, 1.54) is 4.90 Å². The fourth-order valence-corrected chi connectivity index (χ4v) is 2.94. The lowest BCUT2D eigenvalue weighted by atomic mass is 9.97. The van der Waals surface area contributed by atoms with Gasteiger partial charge in [-0.3, -0.25) is 9.59 Å². The van der Waals surface area contributed by atoms with E-state index in [0.717, 1.165) is 36.8 Å².